The van der Waals surface area contributed by atoms with Crippen molar-refractivity contribution in [1.82, 2.24) is 4.98 Å². The van der Waals surface area contributed by atoms with E-state index in [0.29, 0.717) is 12.2 Å². The smallest absolute Gasteiger partial charge is 0.250 e. The molecule has 0 spiro atoms. The highest BCUT2D eigenvalue weighted by molar-refractivity contribution is 5.35. The Morgan fingerprint density at radius 1 is 1.40 bits per heavy atom. The lowest BCUT2D eigenvalue weighted by Crippen LogP contribution is -2.19. The lowest BCUT2D eigenvalue weighted by atomic mass is 10.2. The Kier molecular flexibility index (Phi) is 2.54. The Morgan fingerprint density at radius 3 is 2.80 bits per heavy atom. The average Bonchev–Trinajstić information content (AvgIpc) is 2.45. The van der Waals surface area contributed by atoms with Gasteiger partial charge in [-0.3, -0.25) is 0 Å². The van der Waals surface area contributed by atoms with Crippen LogP contribution in [0, 0.1) is 5.95 Å². The van der Waals surface area contributed by atoms with E-state index in [9.17, 15) is 13.2 Å². The summed E-state index contributed by atoms with van der Waals surface area (Å²) in [5.41, 5.74) is 0. The molecule has 0 radical (unpaired) electrons. The number of rotatable bonds is 2. The van der Waals surface area contributed by atoms with Crippen molar-refractivity contribution in [1.29, 1.82) is 0 Å². The number of hydrogen-bond donors (Lipinski definition) is 1. The number of nitrogens with zero attached hydrogens (tertiary/aromatic N) is 1. The van der Waals surface area contributed by atoms with Crippen molar-refractivity contribution in [3.8, 4) is 0 Å². The molecule has 1 heterocycles. The van der Waals surface area contributed by atoms with Gasteiger partial charge in [-0.05, 0) is 18.6 Å². The first-order valence-corrected chi connectivity index (χ1v) is 4.82. The fourth-order valence-corrected chi connectivity index (χ4v) is 1.77. The number of hydrogen-bond acceptors (Lipinski definition) is 2. The predicted molar refractivity (Wildman–Crippen MR) is 50.4 cm³/mol. The van der Waals surface area contributed by atoms with Crippen LogP contribution in [0.2, 0.25) is 0 Å². The van der Waals surface area contributed by atoms with Gasteiger partial charge in [-0.15, -0.1) is 0 Å². The van der Waals surface area contributed by atoms with Gasteiger partial charge in [0.15, 0.2) is 0 Å². The molecule has 1 aliphatic rings. The lowest BCUT2D eigenvalue weighted by Gasteiger charge is -2.13. The predicted octanol–water partition coefficient (Wildman–Crippen LogP) is 2.82. The highest BCUT2D eigenvalue weighted by Crippen LogP contribution is 2.35. The van der Waals surface area contributed by atoms with Crippen LogP contribution in [0.1, 0.15) is 19.3 Å². The number of anilines is 1. The van der Waals surface area contributed by atoms with E-state index in [2.05, 4.69) is 10.3 Å². The largest absolute Gasteiger partial charge is 0.367 e. The van der Waals surface area contributed by atoms with Crippen LogP contribution in [0.5, 0.6) is 0 Å². The molecule has 5 heteroatoms. The number of pyridine rings is 1. The van der Waals surface area contributed by atoms with Gasteiger partial charge in [-0.2, -0.15) is 4.39 Å². The molecule has 0 amide bonds. The maximum atomic E-state index is 12.8. The summed E-state index contributed by atoms with van der Waals surface area (Å²) in [5.74, 6) is -2.88. The van der Waals surface area contributed by atoms with E-state index in [1.54, 1.807) is 6.07 Å². The second-order valence-electron chi connectivity index (χ2n) is 3.79. The van der Waals surface area contributed by atoms with E-state index in [-0.39, 0.29) is 18.9 Å². The summed E-state index contributed by atoms with van der Waals surface area (Å²) < 4.78 is 38.4. The first-order chi connectivity index (χ1) is 7.05. The van der Waals surface area contributed by atoms with Crippen LogP contribution in [0.25, 0.3) is 0 Å². The summed E-state index contributed by atoms with van der Waals surface area (Å²) in [7, 11) is 0. The highest BCUT2D eigenvalue weighted by atomic mass is 19.3. The van der Waals surface area contributed by atoms with Crippen molar-refractivity contribution >= 4 is 5.82 Å². The normalized spacial score (nSPS) is 24.1. The zero-order chi connectivity index (χ0) is 10.9. The summed E-state index contributed by atoms with van der Waals surface area (Å²) >= 11 is 0. The molecule has 2 nitrogen and oxygen atoms in total. The Balaban J connectivity index is 1.99. The molecule has 82 valence electrons. The SMILES string of the molecule is Fc1cccc(NC2CCC(F)(F)C2)n1. The van der Waals surface area contributed by atoms with Crippen molar-refractivity contribution in [2.75, 3.05) is 5.32 Å². The zero-order valence-electron chi connectivity index (χ0n) is 8.01. The third kappa shape index (κ3) is 2.61. The summed E-state index contributed by atoms with van der Waals surface area (Å²) in [5, 5.41) is 2.81. The summed E-state index contributed by atoms with van der Waals surface area (Å²) in [6.07, 6.45) is 0.0797. The fourth-order valence-electron chi connectivity index (χ4n) is 1.77. The van der Waals surface area contributed by atoms with Crippen molar-refractivity contribution in [2.24, 2.45) is 0 Å². The monoisotopic (exact) mass is 216 g/mol. The van der Waals surface area contributed by atoms with Crippen LogP contribution in [-0.2, 0) is 0 Å². The topological polar surface area (TPSA) is 24.9 Å². The maximum absolute atomic E-state index is 12.8. The van der Waals surface area contributed by atoms with E-state index < -0.39 is 11.9 Å². The van der Waals surface area contributed by atoms with E-state index in [0.717, 1.165) is 0 Å². The van der Waals surface area contributed by atoms with Crippen LogP contribution in [0.3, 0.4) is 0 Å². The molecule has 2 rings (SSSR count). The second-order valence-corrected chi connectivity index (χ2v) is 3.79. The molecule has 1 N–H and O–H groups in total. The van der Waals surface area contributed by atoms with Crippen LogP contribution in [-0.4, -0.2) is 16.9 Å². The Hall–Kier alpha value is -1.26. The van der Waals surface area contributed by atoms with Gasteiger partial charge >= 0.3 is 0 Å². The van der Waals surface area contributed by atoms with Crippen molar-refractivity contribution < 1.29 is 13.2 Å². The molecule has 0 aromatic carbocycles. The van der Waals surface area contributed by atoms with Crippen molar-refractivity contribution in [3.63, 3.8) is 0 Å². The molecule has 1 unspecified atom stereocenters. The number of nitrogens with one attached hydrogen (secondary N) is 1. The summed E-state index contributed by atoms with van der Waals surface area (Å²) in [6.45, 7) is 0. The average molecular weight is 216 g/mol. The molecule has 0 aliphatic heterocycles. The van der Waals surface area contributed by atoms with Crippen LogP contribution < -0.4 is 5.32 Å². The summed E-state index contributed by atoms with van der Waals surface area (Å²) in [4.78, 5) is 3.56. The van der Waals surface area contributed by atoms with E-state index >= 15 is 0 Å². The van der Waals surface area contributed by atoms with E-state index in [1.807, 2.05) is 0 Å². The Morgan fingerprint density at radius 2 is 2.20 bits per heavy atom. The number of alkyl halides is 2. The van der Waals surface area contributed by atoms with Gasteiger partial charge in [0.25, 0.3) is 0 Å². The van der Waals surface area contributed by atoms with Gasteiger partial charge in [0.1, 0.15) is 5.82 Å². The number of aromatic nitrogens is 1. The van der Waals surface area contributed by atoms with Gasteiger partial charge in [-0.25, -0.2) is 13.8 Å². The van der Waals surface area contributed by atoms with Crippen LogP contribution >= 0.6 is 0 Å². The van der Waals surface area contributed by atoms with E-state index in [1.165, 1.54) is 12.1 Å². The zero-order valence-corrected chi connectivity index (χ0v) is 8.01. The minimum Gasteiger partial charge on any atom is -0.367 e. The Labute approximate surface area is 85.5 Å². The molecule has 1 saturated carbocycles. The molecule has 15 heavy (non-hydrogen) atoms. The van der Waals surface area contributed by atoms with Gasteiger partial charge < -0.3 is 5.32 Å². The molecule has 0 bridgehead atoms. The van der Waals surface area contributed by atoms with Gasteiger partial charge in [-0.1, -0.05) is 6.07 Å². The fraction of sp³-hybridized carbons (Fsp3) is 0.500. The second kappa shape index (κ2) is 3.72. The van der Waals surface area contributed by atoms with Crippen LogP contribution in [0.15, 0.2) is 18.2 Å². The molecule has 1 atom stereocenters. The summed E-state index contributed by atoms with van der Waals surface area (Å²) in [6, 6.07) is 3.97. The van der Waals surface area contributed by atoms with Gasteiger partial charge in [0.2, 0.25) is 11.9 Å². The maximum Gasteiger partial charge on any atom is 0.250 e. The number of halogens is 3. The molecule has 1 aromatic heterocycles. The third-order valence-corrected chi connectivity index (χ3v) is 2.47. The molecular formula is C10H11F3N2. The first-order valence-electron chi connectivity index (χ1n) is 4.82. The van der Waals surface area contributed by atoms with Crippen molar-refractivity contribution in [2.45, 2.75) is 31.2 Å². The highest BCUT2D eigenvalue weighted by Gasteiger charge is 2.39. The van der Waals surface area contributed by atoms with Gasteiger partial charge in [0, 0.05) is 18.9 Å². The minimum atomic E-state index is -2.59. The van der Waals surface area contributed by atoms with Gasteiger partial charge in [0.05, 0.1) is 0 Å². The third-order valence-electron chi connectivity index (χ3n) is 2.47. The molecule has 1 fully saturated rings. The Bertz CT molecular complexity index is 354. The minimum absolute atomic E-state index is 0.111. The van der Waals surface area contributed by atoms with Crippen LogP contribution in [0.4, 0.5) is 19.0 Å². The molecule has 0 saturated heterocycles. The van der Waals surface area contributed by atoms with Crippen molar-refractivity contribution in [3.05, 3.63) is 24.1 Å². The molecular weight excluding hydrogens is 205 g/mol. The molecule has 1 aromatic rings. The molecule has 1 aliphatic carbocycles. The first kappa shape index (κ1) is 10.3. The quantitative estimate of drug-likeness (QED) is 0.769. The lowest BCUT2D eigenvalue weighted by molar-refractivity contribution is 0.00852. The van der Waals surface area contributed by atoms with E-state index in [4.69, 9.17) is 0 Å². The standard InChI is InChI=1S/C10H11F3N2/c11-8-2-1-3-9(15-8)14-7-4-5-10(12,13)6-7/h1-3,7H,4-6H2,(H,14,15).